The van der Waals surface area contributed by atoms with Crippen molar-refractivity contribution in [3.05, 3.63) is 62.1 Å². The predicted molar refractivity (Wildman–Crippen MR) is 94.9 cm³/mol. The average Bonchev–Trinajstić information content (AvgIpc) is 2.49. The highest BCUT2D eigenvalue weighted by atomic mass is 35.5. The predicted octanol–water partition coefficient (Wildman–Crippen LogP) is 3.96. The van der Waals surface area contributed by atoms with Gasteiger partial charge in [0.05, 0.1) is 4.92 Å². The Hall–Kier alpha value is -1.83. The molecule has 0 unspecified atom stereocenters. The van der Waals surface area contributed by atoms with Gasteiger partial charge in [-0.3, -0.25) is 10.1 Å². The number of hydrogen-bond acceptors (Lipinski definition) is 5. The summed E-state index contributed by atoms with van der Waals surface area (Å²) in [6.07, 6.45) is 1.36. The highest BCUT2D eigenvalue weighted by Gasteiger charge is 2.25. The Bertz CT molecular complexity index is 865. The fourth-order valence-electron chi connectivity index (χ4n) is 2.25. The summed E-state index contributed by atoms with van der Waals surface area (Å²) in [7, 11) is -3.72. The molecule has 9 heteroatoms. The number of anilines is 1. The number of nitro benzene ring substituents is 1. The standard InChI is InChI=1S/C15H14Cl2N2O4S/c1-24(22,23)14-7-3-6-13(15(14)19(20)21)18-9-8-10-11(16)4-2-5-12(10)17/h2-7,18H,8-9H2,1H3. The van der Waals surface area contributed by atoms with Gasteiger partial charge in [0.2, 0.25) is 0 Å². The van der Waals surface area contributed by atoms with Crippen LogP contribution in [0.25, 0.3) is 0 Å². The quantitative estimate of drug-likeness (QED) is 0.597. The third-order valence-electron chi connectivity index (χ3n) is 3.33. The molecule has 0 fully saturated rings. The van der Waals surface area contributed by atoms with Gasteiger partial charge >= 0.3 is 5.69 Å². The minimum absolute atomic E-state index is 0.131. The van der Waals surface area contributed by atoms with E-state index in [2.05, 4.69) is 5.32 Å². The van der Waals surface area contributed by atoms with Crippen LogP contribution < -0.4 is 5.32 Å². The lowest BCUT2D eigenvalue weighted by Crippen LogP contribution is -2.10. The zero-order valence-corrected chi connectivity index (χ0v) is 15.0. The molecule has 2 aromatic rings. The van der Waals surface area contributed by atoms with Gasteiger partial charge in [0.1, 0.15) is 10.6 Å². The first-order valence-corrected chi connectivity index (χ1v) is 9.50. The highest BCUT2D eigenvalue weighted by molar-refractivity contribution is 7.90. The zero-order chi connectivity index (χ0) is 17.9. The second-order valence-corrected chi connectivity index (χ2v) is 7.86. The van der Waals surface area contributed by atoms with Crippen LogP contribution in [0, 0.1) is 10.1 Å². The van der Waals surface area contributed by atoms with E-state index in [9.17, 15) is 18.5 Å². The molecule has 0 saturated carbocycles. The fraction of sp³-hybridized carbons (Fsp3) is 0.200. The number of nitrogens with one attached hydrogen (secondary N) is 1. The number of hydrogen-bond donors (Lipinski definition) is 1. The largest absolute Gasteiger partial charge is 0.379 e. The molecule has 0 spiro atoms. The molecule has 0 aromatic heterocycles. The molecule has 6 nitrogen and oxygen atoms in total. The first-order chi connectivity index (χ1) is 11.2. The molecule has 24 heavy (non-hydrogen) atoms. The molecular weight excluding hydrogens is 375 g/mol. The van der Waals surface area contributed by atoms with Crippen LogP contribution in [0.5, 0.6) is 0 Å². The van der Waals surface area contributed by atoms with Crippen LogP contribution in [0.1, 0.15) is 5.56 Å². The van der Waals surface area contributed by atoms with Crippen LogP contribution in [0.3, 0.4) is 0 Å². The Morgan fingerprint density at radius 2 is 1.71 bits per heavy atom. The monoisotopic (exact) mass is 388 g/mol. The topological polar surface area (TPSA) is 89.3 Å². The maximum Gasteiger partial charge on any atom is 0.310 e. The summed E-state index contributed by atoms with van der Waals surface area (Å²) in [5.41, 5.74) is 0.381. The molecule has 0 aliphatic heterocycles. The number of para-hydroxylation sites is 1. The SMILES string of the molecule is CS(=O)(=O)c1cccc(NCCc2c(Cl)cccc2Cl)c1[N+](=O)[O-]. The van der Waals surface area contributed by atoms with Crippen LogP contribution in [-0.4, -0.2) is 26.1 Å². The summed E-state index contributed by atoms with van der Waals surface area (Å²) in [6.45, 7) is 0.303. The van der Waals surface area contributed by atoms with Crippen LogP contribution in [-0.2, 0) is 16.3 Å². The van der Waals surface area contributed by atoms with Crippen LogP contribution in [0.2, 0.25) is 10.0 Å². The normalized spacial score (nSPS) is 11.3. The van der Waals surface area contributed by atoms with Crippen molar-refractivity contribution in [2.24, 2.45) is 0 Å². The summed E-state index contributed by atoms with van der Waals surface area (Å²) in [6, 6.07) is 9.26. The summed E-state index contributed by atoms with van der Waals surface area (Å²) in [5, 5.41) is 15.2. The van der Waals surface area contributed by atoms with E-state index in [1.165, 1.54) is 18.2 Å². The Balaban J connectivity index is 2.26. The maximum absolute atomic E-state index is 11.7. The van der Waals surface area contributed by atoms with Gasteiger partial charge in [-0.1, -0.05) is 35.3 Å². The van der Waals surface area contributed by atoms with Crippen LogP contribution in [0.4, 0.5) is 11.4 Å². The molecular formula is C15H14Cl2N2O4S. The van der Waals surface area contributed by atoms with Gasteiger partial charge in [0.25, 0.3) is 0 Å². The second kappa shape index (κ2) is 7.38. The van der Waals surface area contributed by atoms with Gasteiger partial charge in [0, 0.05) is 22.8 Å². The van der Waals surface area contributed by atoms with Crippen molar-refractivity contribution in [1.29, 1.82) is 0 Å². The summed E-state index contributed by atoms with van der Waals surface area (Å²) < 4.78 is 23.5. The fourth-order valence-corrected chi connectivity index (χ4v) is 3.69. The number of sulfone groups is 1. The molecule has 0 heterocycles. The van der Waals surface area contributed by atoms with Gasteiger partial charge in [-0.25, -0.2) is 8.42 Å². The lowest BCUT2D eigenvalue weighted by Gasteiger charge is -2.11. The minimum Gasteiger partial charge on any atom is -0.379 e. The third-order valence-corrected chi connectivity index (χ3v) is 5.17. The summed E-state index contributed by atoms with van der Waals surface area (Å²) >= 11 is 12.2. The van der Waals surface area contributed by atoms with E-state index in [1.807, 2.05) is 0 Å². The summed E-state index contributed by atoms with van der Waals surface area (Å²) in [5.74, 6) is 0. The van der Waals surface area contributed by atoms with Crippen LogP contribution in [0.15, 0.2) is 41.3 Å². The highest BCUT2D eigenvalue weighted by Crippen LogP contribution is 2.32. The molecule has 128 valence electrons. The average molecular weight is 389 g/mol. The van der Waals surface area contributed by atoms with Crippen molar-refractivity contribution in [2.75, 3.05) is 18.1 Å². The number of rotatable bonds is 6. The van der Waals surface area contributed by atoms with E-state index in [-0.39, 0.29) is 10.6 Å². The molecule has 2 aromatic carbocycles. The summed E-state index contributed by atoms with van der Waals surface area (Å²) in [4.78, 5) is 10.3. The smallest absolute Gasteiger partial charge is 0.310 e. The number of nitrogens with zero attached hydrogens (tertiary/aromatic N) is 1. The second-order valence-electron chi connectivity index (χ2n) is 5.06. The van der Waals surface area contributed by atoms with E-state index >= 15 is 0 Å². The Morgan fingerprint density at radius 1 is 1.12 bits per heavy atom. The molecule has 0 saturated heterocycles. The van der Waals surface area contributed by atoms with E-state index in [1.54, 1.807) is 18.2 Å². The molecule has 0 amide bonds. The van der Waals surface area contributed by atoms with E-state index in [0.717, 1.165) is 11.8 Å². The third kappa shape index (κ3) is 4.17. The van der Waals surface area contributed by atoms with E-state index in [4.69, 9.17) is 23.2 Å². The van der Waals surface area contributed by atoms with Crippen molar-refractivity contribution < 1.29 is 13.3 Å². The Morgan fingerprint density at radius 3 is 2.25 bits per heavy atom. The van der Waals surface area contributed by atoms with Crippen molar-refractivity contribution in [2.45, 2.75) is 11.3 Å². The van der Waals surface area contributed by atoms with Crippen molar-refractivity contribution in [1.82, 2.24) is 0 Å². The number of halogens is 2. The first kappa shape index (κ1) is 18.5. The first-order valence-electron chi connectivity index (χ1n) is 6.86. The molecule has 0 aliphatic rings. The zero-order valence-electron chi connectivity index (χ0n) is 12.6. The maximum atomic E-state index is 11.7. The van der Waals surface area contributed by atoms with Gasteiger partial charge in [-0.15, -0.1) is 0 Å². The van der Waals surface area contributed by atoms with Gasteiger partial charge in [0.15, 0.2) is 9.84 Å². The molecule has 0 atom stereocenters. The molecule has 2 rings (SSSR count). The van der Waals surface area contributed by atoms with Crippen LogP contribution >= 0.6 is 23.2 Å². The Kier molecular flexibility index (Phi) is 5.69. The van der Waals surface area contributed by atoms with E-state index < -0.39 is 20.4 Å². The molecule has 1 N–H and O–H groups in total. The lowest BCUT2D eigenvalue weighted by atomic mass is 10.1. The van der Waals surface area contributed by atoms with Gasteiger partial charge < -0.3 is 5.32 Å². The number of nitro groups is 1. The van der Waals surface area contributed by atoms with E-state index in [0.29, 0.717) is 23.0 Å². The molecule has 0 aliphatic carbocycles. The lowest BCUT2D eigenvalue weighted by molar-refractivity contribution is -0.386. The van der Waals surface area contributed by atoms with Gasteiger partial charge in [-0.2, -0.15) is 0 Å². The minimum atomic E-state index is -3.72. The van der Waals surface area contributed by atoms with Gasteiger partial charge in [-0.05, 0) is 36.2 Å². The Labute approximate surface area is 149 Å². The van der Waals surface area contributed by atoms with Crippen molar-refractivity contribution in [3.63, 3.8) is 0 Å². The number of benzene rings is 2. The molecule has 0 bridgehead atoms. The van der Waals surface area contributed by atoms with Crippen molar-refractivity contribution in [3.8, 4) is 0 Å². The van der Waals surface area contributed by atoms with Crippen molar-refractivity contribution >= 4 is 44.4 Å². The molecule has 0 radical (unpaired) electrons.